The van der Waals surface area contributed by atoms with Gasteiger partial charge in [-0.25, -0.2) is 0 Å². The number of esters is 1. The number of alkyl halides is 3. The smallest absolute Gasteiger partial charge is 0.422 e. The molecule has 1 aliphatic rings. The highest BCUT2D eigenvalue weighted by Gasteiger charge is 2.44. The van der Waals surface area contributed by atoms with Crippen LogP contribution in [0.5, 0.6) is 0 Å². The lowest BCUT2D eigenvalue weighted by Crippen LogP contribution is -2.41. The normalized spacial score (nSPS) is 22.8. The van der Waals surface area contributed by atoms with E-state index in [9.17, 15) is 37.8 Å². The topological polar surface area (TPSA) is 143 Å². The van der Waals surface area contributed by atoms with Gasteiger partial charge in [0, 0.05) is 17.8 Å². The van der Waals surface area contributed by atoms with Crippen molar-refractivity contribution >= 4 is 17.8 Å². The molecule has 10 nitrogen and oxygen atoms in total. The number of benzene rings is 1. The van der Waals surface area contributed by atoms with Crippen LogP contribution < -0.4 is 10.6 Å². The average molecular weight is 476 g/mol. The van der Waals surface area contributed by atoms with Gasteiger partial charge < -0.3 is 29.7 Å². The van der Waals surface area contributed by atoms with Crippen LogP contribution in [0.4, 0.5) is 13.2 Å². The SMILES string of the molecule is O=C(/C=C\N[C@@H]1O[C@H](CO)C(O)C1OCCC(=O)OCC(F)(F)F)NC(=O)c1ccccc1. The second-order valence-electron chi connectivity index (χ2n) is 6.81. The van der Waals surface area contributed by atoms with Crippen LogP contribution in [0.2, 0.25) is 0 Å². The lowest BCUT2D eigenvalue weighted by Gasteiger charge is -2.21. The van der Waals surface area contributed by atoms with Crippen molar-refractivity contribution < 1.29 is 52.0 Å². The molecule has 1 fully saturated rings. The van der Waals surface area contributed by atoms with Gasteiger partial charge in [-0.15, -0.1) is 0 Å². The number of aliphatic hydroxyl groups is 2. The molecule has 0 aliphatic carbocycles. The Balaban J connectivity index is 1.84. The molecule has 1 aliphatic heterocycles. The van der Waals surface area contributed by atoms with E-state index >= 15 is 0 Å². The quantitative estimate of drug-likeness (QED) is 0.271. The van der Waals surface area contributed by atoms with E-state index in [0.29, 0.717) is 0 Å². The van der Waals surface area contributed by atoms with Crippen molar-refractivity contribution in [1.29, 1.82) is 0 Å². The standard InChI is InChI=1S/C20H23F3N2O8/c21-20(22,23)11-32-15(28)7-9-31-17-16(29)13(10-26)33-19(17)24-8-6-14(27)25-18(30)12-4-2-1-3-5-12/h1-6,8,13,16-17,19,24,26,29H,7,9-11H2,(H,25,27,30)/b8-6-/t13-,16?,17?,19-/m1/s1. The number of halogens is 3. The van der Waals surface area contributed by atoms with E-state index < -0.39 is 74.7 Å². The lowest BCUT2D eigenvalue weighted by atomic mass is 10.1. The van der Waals surface area contributed by atoms with Crippen LogP contribution in [-0.4, -0.2) is 78.5 Å². The van der Waals surface area contributed by atoms with Gasteiger partial charge in [0.1, 0.15) is 18.3 Å². The van der Waals surface area contributed by atoms with E-state index in [0.717, 1.165) is 12.3 Å². The van der Waals surface area contributed by atoms with Crippen LogP contribution in [0, 0.1) is 0 Å². The summed E-state index contributed by atoms with van der Waals surface area (Å²) in [5, 5.41) is 24.2. The fourth-order valence-electron chi connectivity index (χ4n) is 2.75. The first kappa shape index (κ1) is 26.3. The van der Waals surface area contributed by atoms with E-state index in [1.54, 1.807) is 18.2 Å². The highest BCUT2D eigenvalue weighted by atomic mass is 19.4. The lowest BCUT2D eigenvalue weighted by molar-refractivity contribution is -0.187. The zero-order chi connectivity index (χ0) is 24.4. The van der Waals surface area contributed by atoms with Crippen molar-refractivity contribution in [2.45, 2.75) is 37.1 Å². The Labute approximate surface area is 186 Å². The van der Waals surface area contributed by atoms with Gasteiger partial charge in [0.2, 0.25) is 0 Å². The van der Waals surface area contributed by atoms with E-state index in [2.05, 4.69) is 15.4 Å². The van der Waals surface area contributed by atoms with E-state index in [1.165, 1.54) is 12.1 Å². The third-order valence-electron chi connectivity index (χ3n) is 4.30. The highest BCUT2D eigenvalue weighted by molar-refractivity contribution is 6.07. The van der Waals surface area contributed by atoms with Crippen molar-refractivity contribution in [3.8, 4) is 0 Å². The van der Waals surface area contributed by atoms with E-state index in [1.807, 2.05) is 0 Å². The number of carbonyl (C=O) groups is 3. The molecule has 0 bridgehead atoms. The van der Waals surface area contributed by atoms with E-state index in [4.69, 9.17) is 9.47 Å². The van der Waals surface area contributed by atoms with Crippen molar-refractivity contribution in [3.05, 3.63) is 48.2 Å². The number of hydrogen-bond donors (Lipinski definition) is 4. The second-order valence-corrected chi connectivity index (χ2v) is 6.81. The minimum absolute atomic E-state index is 0.280. The molecule has 4 atom stereocenters. The molecule has 2 rings (SSSR count). The molecule has 1 aromatic carbocycles. The summed E-state index contributed by atoms with van der Waals surface area (Å²) in [5.74, 6) is -2.51. The maximum Gasteiger partial charge on any atom is 0.422 e. The molecule has 1 aromatic rings. The molecule has 4 N–H and O–H groups in total. The van der Waals surface area contributed by atoms with Crippen LogP contribution in [0.25, 0.3) is 0 Å². The largest absolute Gasteiger partial charge is 0.456 e. The third-order valence-corrected chi connectivity index (χ3v) is 4.30. The Kier molecular flexibility index (Phi) is 9.78. The molecule has 0 spiro atoms. The zero-order valence-electron chi connectivity index (χ0n) is 17.2. The number of aliphatic hydroxyl groups excluding tert-OH is 2. The first-order chi connectivity index (χ1) is 15.6. The number of ether oxygens (including phenoxy) is 3. The van der Waals surface area contributed by atoms with Gasteiger partial charge in [-0.2, -0.15) is 13.2 Å². The number of nitrogens with one attached hydrogen (secondary N) is 2. The summed E-state index contributed by atoms with van der Waals surface area (Å²) in [6.07, 6.45) is -7.65. The second kappa shape index (κ2) is 12.3. The van der Waals surface area contributed by atoms with Gasteiger partial charge in [0.25, 0.3) is 11.8 Å². The third kappa shape index (κ3) is 8.81. The van der Waals surface area contributed by atoms with Crippen LogP contribution in [0.15, 0.2) is 42.6 Å². The van der Waals surface area contributed by atoms with Gasteiger partial charge in [-0.05, 0) is 12.1 Å². The molecule has 0 radical (unpaired) electrons. The van der Waals surface area contributed by atoms with E-state index in [-0.39, 0.29) is 5.56 Å². The summed E-state index contributed by atoms with van der Waals surface area (Å²) in [6.45, 7) is -2.69. The maximum atomic E-state index is 12.1. The fourth-order valence-corrected chi connectivity index (χ4v) is 2.75. The summed E-state index contributed by atoms with van der Waals surface area (Å²) in [4.78, 5) is 35.2. The summed E-state index contributed by atoms with van der Waals surface area (Å²) < 4.78 is 50.9. The summed E-state index contributed by atoms with van der Waals surface area (Å²) in [7, 11) is 0. The molecule has 0 aromatic heterocycles. The Bertz CT molecular complexity index is 834. The molecule has 2 unspecified atom stereocenters. The Morgan fingerprint density at radius 2 is 1.88 bits per heavy atom. The van der Waals surface area contributed by atoms with Gasteiger partial charge in [0.15, 0.2) is 12.8 Å². The predicted molar refractivity (Wildman–Crippen MR) is 104 cm³/mol. The summed E-state index contributed by atoms with van der Waals surface area (Å²) in [5.41, 5.74) is 0.280. The summed E-state index contributed by atoms with van der Waals surface area (Å²) >= 11 is 0. The van der Waals surface area contributed by atoms with Crippen LogP contribution in [-0.2, 0) is 23.8 Å². The summed E-state index contributed by atoms with van der Waals surface area (Å²) in [6, 6.07) is 8.02. The fraction of sp³-hybridized carbons (Fsp3) is 0.450. The van der Waals surface area contributed by atoms with Crippen LogP contribution in [0.3, 0.4) is 0 Å². The number of hydrogen-bond acceptors (Lipinski definition) is 9. The predicted octanol–water partition coefficient (Wildman–Crippen LogP) is 0.00520. The monoisotopic (exact) mass is 476 g/mol. The van der Waals surface area contributed by atoms with Gasteiger partial charge >= 0.3 is 12.1 Å². The number of carbonyl (C=O) groups excluding carboxylic acids is 3. The molecular formula is C20H23F3N2O8. The first-order valence-corrected chi connectivity index (χ1v) is 9.72. The molecule has 1 heterocycles. The zero-order valence-corrected chi connectivity index (χ0v) is 17.2. The molecule has 1 saturated heterocycles. The number of imide groups is 1. The van der Waals surface area contributed by atoms with Gasteiger partial charge in [0.05, 0.1) is 19.6 Å². The number of amides is 2. The molecule has 182 valence electrons. The van der Waals surface area contributed by atoms with Crippen molar-refractivity contribution in [2.24, 2.45) is 0 Å². The van der Waals surface area contributed by atoms with Crippen LogP contribution >= 0.6 is 0 Å². The molecule has 0 saturated carbocycles. The van der Waals surface area contributed by atoms with Crippen molar-refractivity contribution in [2.75, 3.05) is 19.8 Å². The molecule has 2 amide bonds. The molecule has 33 heavy (non-hydrogen) atoms. The Morgan fingerprint density at radius 1 is 1.18 bits per heavy atom. The molecular weight excluding hydrogens is 453 g/mol. The highest BCUT2D eigenvalue weighted by Crippen LogP contribution is 2.23. The minimum atomic E-state index is -4.65. The Hall–Kier alpha value is -3.00. The van der Waals surface area contributed by atoms with Gasteiger partial charge in [-0.1, -0.05) is 18.2 Å². The first-order valence-electron chi connectivity index (χ1n) is 9.72. The number of rotatable bonds is 10. The maximum absolute atomic E-state index is 12.1. The average Bonchev–Trinajstić information content (AvgIpc) is 3.07. The Morgan fingerprint density at radius 3 is 2.52 bits per heavy atom. The van der Waals surface area contributed by atoms with Gasteiger partial charge in [-0.3, -0.25) is 19.7 Å². The minimum Gasteiger partial charge on any atom is -0.456 e. The van der Waals surface area contributed by atoms with Crippen molar-refractivity contribution in [3.63, 3.8) is 0 Å². The molecule has 13 heteroatoms. The van der Waals surface area contributed by atoms with Crippen LogP contribution in [0.1, 0.15) is 16.8 Å². The van der Waals surface area contributed by atoms with Crippen molar-refractivity contribution in [1.82, 2.24) is 10.6 Å².